The van der Waals surface area contributed by atoms with Crippen LogP contribution in [0.2, 0.25) is 0 Å². The standard InChI is InChI=1S/C14H27N3/c1-4-5-6-8-14(2,3)11-17-12-16-10-13(17)7-9-15/h10,12H,4-9,11,15H2,1-3H3. The van der Waals surface area contributed by atoms with Crippen LogP contribution in [0.25, 0.3) is 0 Å². The number of nitrogens with zero attached hydrogens (tertiary/aromatic N) is 2. The summed E-state index contributed by atoms with van der Waals surface area (Å²) in [6.07, 6.45) is 10.0. The van der Waals surface area contributed by atoms with Crippen molar-refractivity contribution in [1.29, 1.82) is 0 Å². The highest BCUT2D eigenvalue weighted by molar-refractivity contribution is 4.99. The van der Waals surface area contributed by atoms with E-state index in [-0.39, 0.29) is 0 Å². The molecule has 98 valence electrons. The fourth-order valence-corrected chi connectivity index (χ4v) is 2.24. The molecule has 2 N–H and O–H groups in total. The lowest BCUT2D eigenvalue weighted by atomic mass is 9.86. The van der Waals surface area contributed by atoms with E-state index in [0.29, 0.717) is 12.0 Å². The molecule has 0 amide bonds. The number of aromatic nitrogens is 2. The van der Waals surface area contributed by atoms with Gasteiger partial charge in [0.2, 0.25) is 0 Å². The minimum absolute atomic E-state index is 0.346. The molecule has 1 rings (SSSR count). The number of unbranched alkanes of at least 4 members (excludes halogenated alkanes) is 2. The van der Waals surface area contributed by atoms with Crippen molar-refractivity contribution in [2.24, 2.45) is 11.1 Å². The second-order valence-electron chi connectivity index (χ2n) is 5.67. The van der Waals surface area contributed by atoms with Crippen molar-refractivity contribution in [2.45, 2.75) is 59.4 Å². The second-order valence-corrected chi connectivity index (χ2v) is 5.67. The average Bonchev–Trinajstić information content (AvgIpc) is 2.66. The van der Waals surface area contributed by atoms with Crippen molar-refractivity contribution in [3.8, 4) is 0 Å². The summed E-state index contributed by atoms with van der Waals surface area (Å²) in [7, 11) is 0. The van der Waals surface area contributed by atoms with Crippen LogP contribution in [0.4, 0.5) is 0 Å². The van der Waals surface area contributed by atoms with Gasteiger partial charge in [0, 0.05) is 24.9 Å². The first-order valence-electron chi connectivity index (χ1n) is 6.78. The normalized spacial score (nSPS) is 12.0. The highest BCUT2D eigenvalue weighted by Gasteiger charge is 2.19. The Balaban J connectivity index is 2.52. The van der Waals surface area contributed by atoms with Crippen LogP contribution in [0.1, 0.15) is 52.1 Å². The molecule has 0 atom stereocenters. The van der Waals surface area contributed by atoms with Gasteiger partial charge >= 0.3 is 0 Å². The SMILES string of the molecule is CCCCCC(C)(C)Cn1cncc1CCN. The number of hydrogen-bond acceptors (Lipinski definition) is 2. The van der Waals surface area contributed by atoms with Gasteiger partial charge < -0.3 is 10.3 Å². The van der Waals surface area contributed by atoms with E-state index in [1.54, 1.807) is 0 Å². The Kier molecular flexibility index (Phi) is 5.69. The van der Waals surface area contributed by atoms with Gasteiger partial charge in [-0.05, 0) is 18.4 Å². The molecule has 1 aromatic rings. The molecule has 17 heavy (non-hydrogen) atoms. The molecule has 1 aromatic heterocycles. The molecular formula is C14H27N3. The zero-order valence-corrected chi connectivity index (χ0v) is 11.6. The Labute approximate surface area is 105 Å². The molecule has 0 aliphatic carbocycles. The van der Waals surface area contributed by atoms with Crippen LogP contribution >= 0.6 is 0 Å². The topological polar surface area (TPSA) is 43.8 Å². The van der Waals surface area contributed by atoms with E-state index in [1.807, 2.05) is 12.5 Å². The van der Waals surface area contributed by atoms with E-state index < -0.39 is 0 Å². The van der Waals surface area contributed by atoms with Crippen LogP contribution in [0, 0.1) is 5.41 Å². The van der Waals surface area contributed by atoms with Crippen molar-refractivity contribution in [3.63, 3.8) is 0 Å². The van der Waals surface area contributed by atoms with Gasteiger partial charge in [-0.15, -0.1) is 0 Å². The zero-order chi connectivity index (χ0) is 12.7. The lowest BCUT2D eigenvalue weighted by Crippen LogP contribution is -2.21. The van der Waals surface area contributed by atoms with Crippen LogP contribution < -0.4 is 5.73 Å². The minimum atomic E-state index is 0.346. The largest absolute Gasteiger partial charge is 0.334 e. The highest BCUT2D eigenvalue weighted by atomic mass is 15.0. The fourth-order valence-electron chi connectivity index (χ4n) is 2.24. The number of nitrogens with two attached hydrogens (primary N) is 1. The fraction of sp³-hybridized carbons (Fsp3) is 0.786. The van der Waals surface area contributed by atoms with Gasteiger partial charge in [-0.3, -0.25) is 0 Å². The van der Waals surface area contributed by atoms with Gasteiger partial charge in [0.05, 0.1) is 6.33 Å². The van der Waals surface area contributed by atoms with E-state index in [9.17, 15) is 0 Å². The zero-order valence-electron chi connectivity index (χ0n) is 11.6. The summed E-state index contributed by atoms with van der Waals surface area (Å²) in [6, 6.07) is 0. The third kappa shape index (κ3) is 4.90. The summed E-state index contributed by atoms with van der Waals surface area (Å²) in [5, 5.41) is 0. The number of imidazole rings is 1. The molecule has 0 aromatic carbocycles. The van der Waals surface area contributed by atoms with Gasteiger partial charge in [0.25, 0.3) is 0 Å². The molecule has 0 fully saturated rings. The maximum absolute atomic E-state index is 5.61. The van der Waals surface area contributed by atoms with Crippen LogP contribution in [-0.2, 0) is 13.0 Å². The Morgan fingerprint density at radius 2 is 2.12 bits per heavy atom. The van der Waals surface area contributed by atoms with E-state index in [1.165, 1.54) is 31.4 Å². The first-order chi connectivity index (χ1) is 8.09. The molecular weight excluding hydrogens is 210 g/mol. The second kappa shape index (κ2) is 6.80. The summed E-state index contributed by atoms with van der Waals surface area (Å²) >= 11 is 0. The third-order valence-electron chi connectivity index (χ3n) is 3.25. The van der Waals surface area contributed by atoms with Crippen molar-refractivity contribution in [3.05, 3.63) is 18.2 Å². The summed E-state index contributed by atoms with van der Waals surface area (Å²) < 4.78 is 2.26. The third-order valence-corrected chi connectivity index (χ3v) is 3.25. The molecule has 0 radical (unpaired) electrons. The van der Waals surface area contributed by atoms with Gasteiger partial charge in [-0.25, -0.2) is 4.98 Å². The Morgan fingerprint density at radius 1 is 1.35 bits per heavy atom. The van der Waals surface area contributed by atoms with Crippen LogP contribution in [0.5, 0.6) is 0 Å². The highest BCUT2D eigenvalue weighted by Crippen LogP contribution is 2.26. The maximum atomic E-state index is 5.61. The molecule has 0 unspecified atom stereocenters. The predicted octanol–water partition coefficient (Wildman–Crippen LogP) is 2.99. The van der Waals surface area contributed by atoms with Gasteiger partial charge in [0.1, 0.15) is 0 Å². The summed E-state index contributed by atoms with van der Waals surface area (Å²) in [4.78, 5) is 4.23. The Hall–Kier alpha value is -0.830. The van der Waals surface area contributed by atoms with Gasteiger partial charge in [-0.1, -0.05) is 40.0 Å². The quantitative estimate of drug-likeness (QED) is 0.706. The molecule has 0 spiro atoms. The Morgan fingerprint density at radius 3 is 2.76 bits per heavy atom. The van der Waals surface area contributed by atoms with E-state index >= 15 is 0 Å². The van der Waals surface area contributed by atoms with E-state index in [2.05, 4.69) is 30.3 Å². The van der Waals surface area contributed by atoms with E-state index in [0.717, 1.165) is 13.0 Å². The molecule has 0 aliphatic heterocycles. The molecule has 0 saturated carbocycles. The lowest BCUT2D eigenvalue weighted by Gasteiger charge is -2.26. The first-order valence-corrected chi connectivity index (χ1v) is 6.78. The monoisotopic (exact) mass is 237 g/mol. The summed E-state index contributed by atoms with van der Waals surface area (Å²) in [5.74, 6) is 0. The summed E-state index contributed by atoms with van der Waals surface area (Å²) in [6.45, 7) is 8.68. The van der Waals surface area contributed by atoms with Crippen LogP contribution in [-0.4, -0.2) is 16.1 Å². The molecule has 0 aliphatic rings. The molecule has 3 heteroatoms. The van der Waals surface area contributed by atoms with Crippen LogP contribution in [0.15, 0.2) is 12.5 Å². The number of rotatable bonds is 8. The molecule has 1 heterocycles. The first kappa shape index (κ1) is 14.2. The number of hydrogen-bond donors (Lipinski definition) is 1. The van der Waals surface area contributed by atoms with Crippen molar-refractivity contribution >= 4 is 0 Å². The van der Waals surface area contributed by atoms with Crippen LogP contribution in [0.3, 0.4) is 0 Å². The summed E-state index contributed by atoms with van der Waals surface area (Å²) in [5.41, 5.74) is 7.22. The van der Waals surface area contributed by atoms with Gasteiger partial charge in [-0.2, -0.15) is 0 Å². The molecule has 0 bridgehead atoms. The van der Waals surface area contributed by atoms with Gasteiger partial charge in [0.15, 0.2) is 0 Å². The Bertz CT molecular complexity index is 315. The predicted molar refractivity (Wildman–Crippen MR) is 72.9 cm³/mol. The molecule has 3 nitrogen and oxygen atoms in total. The van der Waals surface area contributed by atoms with Crippen molar-refractivity contribution in [2.75, 3.05) is 6.54 Å². The van der Waals surface area contributed by atoms with Crippen molar-refractivity contribution < 1.29 is 0 Å². The average molecular weight is 237 g/mol. The minimum Gasteiger partial charge on any atom is -0.334 e. The smallest absolute Gasteiger partial charge is 0.0948 e. The van der Waals surface area contributed by atoms with E-state index in [4.69, 9.17) is 5.73 Å². The lowest BCUT2D eigenvalue weighted by molar-refractivity contribution is 0.268. The molecule has 0 saturated heterocycles. The maximum Gasteiger partial charge on any atom is 0.0948 e. The van der Waals surface area contributed by atoms with Crippen molar-refractivity contribution in [1.82, 2.24) is 9.55 Å².